The highest BCUT2D eigenvalue weighted by Crippen LogP contribution is 2.35. The standard InChI is InChI=1S/C30H30FN7O2/c1-30(2,3)16-24(33-4)29(39)37-14-8-9-19(37)17-38-28-25(27(32)34-18-35-28)26(36-38)22-13-12-21(15-23(22)31)40-20-10-6-5-7-11-20/h5-7,10-13,15-16,18-19H,8-9,14,17H2,1-3H3,(H2,32,34,35)/t19-/m1/s1. The number of allylic oxidation sites excluding steroid dienone is 1. The lowest BCUT2D eigenvalue weighted by Gasteiger charge is -2.25. The van der Waals surface area contributed by atoms with Crippen LogP contribution in [0.15, 0.2) is 66.6 Å². The number of nitrogens with zero attached hydrogens (tertiary/aromatic N) is 6. The molecule has 0 radical (unpaired) electrons. The highest BCUT2D eigenvalue weighted by molar-refractivity contribution is 5.98. The van der Waals surface area contributed by atoms with Gasteiger partial charge in [0.2, 0.25) is 5.70 Å². The molecule has 0 aliphatic carbocycles. The van der Waals surface area contributed by atoms with E-state index >= 15 is 4.39 Å². The molecule has 4 aromatic rings. The van der Waals surface area contributed by atoms with Crippen LogP contribution in [0, 0.1) is 17.8 Å². The van der Waals surface area contributed by atoms with Crippen molar-refractivity contribution in [2.45, 2.75) is 46.2 Å². The molecule has 1 aliphatic rings. The number of hydrogen-bond acceptors (Lipinski definition) is 6. The van der Waals surface area contributed by atoms with Crippen LogP contribution in [0.25, 0.3) is 27.1 Å². The van der Waals surface area contributed by atoms with E-state index in [0.717, 1.165) is 12.8 Å². The summed E-state index contributed by atoms with van der Waals surface area (Å²) >= 11 is 0. The zero-order valence-electron chi connectivity index (χ0n) is 22.6. The van der Waals surface area contributed by atoms with Gasteiger partial charge in [0, 0.05) is 18.2 Å². The van der Waals surface area contributed by atoms with Crippen LogP contribution in [-0.4, -0.2) is 43.1 Å². The number of nitrogens with two attached hydrogens (primary N) is 1. The molecular weight excluding hydrogens is 509 g/mol. The summed E-state index contributed by atoms with van der Waals surface area (Å²) in [6, 6.07) is 13.5. The second kappa shape index (κ2) is 10.8. The van der Waals surface area contributed by atoms with Crippen LogP contribution < -0.4 is 10.5 Å². The van der Waals surface area contributed by atoms with Gasteiger partial charge in [-0.1, -0.05) is 45.0 Å². The Labute approximate surface area is 231 Å². The number of nitrogen functional groups attached to an aromatic ring is 1. The highest BCUT2D eigenvalue weighted by Gasteiger charge is 2.33. The number of rotatable bonds is 6. The number of amides is 1. The fraction of sp³-hybridized carbons (Fsp3) is 0.300. The molecule has 0 unspecified atom stereocenters. The smallest absolute Gasteiger partial charge is 0.252 e. The monoisotopic (exact) mass is 539 g/mol. The van der Waals surface area contributed by atoms with Crippen LogP contribution in [0.2, 0.25) is 0 Å². The Balaban J connectivity index is 1.48. The van der Waals surface area contributed by atoms with Crippen molar-refractivity contribution in [2.75, 3.05) is 12.3 Å². The number of anilines is 1. The summed E-state index contributed by atoms with van der Waals surface area (Å²) in [6.07, 6.45) is 4.59. The van der Waals surface area contributed by atoms with Gasteiger partial charge >= 0.3 is 0 Å². The average molecular weight is 540 g/mol. The summed E-state index contributed by atoms with van der Waals surface area (Å²) in [6.45, 7) is 14.3. The number of aromatic nitrogens is 4. The van der Waals surface area contributed by atoms with Gasteiger partial charge in [0.1, 0.15) is 35.2 Å². The Morgan fingerprint density at radius 2 is 1.98 bits per heavy atom. The number of ether oxygens (including phenoxy) is 1. The number of benzene rings is 2. The summed E-state index contributed by atoms with van der Waals surface area (Å²) in [7, 11) is 0. The molecule has 1 saturated heterocycles. The molecule has 1 aliphatic heterocycles. The minimum Gasteiger partial charge on any atom is -0.457 e. The Morgan fingerprint density at radius 1 is 1.20 bits per heavy atom. The van der Waals surface area contributed by atoms with Gasteiger partial charge in [0.25, 0.3) is 5.91 Å². The van der Waals surface area contributed by atoms with Crippen molar-refractivity contribution >= 4 is 22.8 Å². The van der Waals surface area contributed by atoms with Crippen molar-refractivity contribution in [2.24, 2.45) is 5.41 Å². The van der Waals surface area contributed by atoms with Crippen molar-refractivity contribution in [1.82, 2.24) is 24.6 Å². The summed E-state index contributed by atoms with van der Waals surface area (Å²) in [5, 5.41) is 5.15. The topological polar surface area (TPSA) is 104 Å². The maximum absolute atomic E-state index is 15.4. The molecule has 1 atom stereocenters. The van der Waals surface area contributed by atoms with Gasteiger partial charge in [-0.25, -0.2) is 23.9 Å². The largest absolute Gasteiger partial charge is 0.457 e. The quantitative estimate of drug-likeness (QED) is 0.244. The molecule has 9 nitrogen and oxygen atoms in total. The Morgan fingerprint density at radius 3 is 2.67 bits per heavy atom. The van der Waals surface area contributed by atoms with Crippen LogP contribution in [0.4, 0.5) is 10.2 Å². The Hall–Kier alpha value is -4.78. The van der Waals surface area contributed by atoms with Gasteiger partial charge in [-0.05, 0) is 42.5 Å². The van der Waals surface area contributed by atoms with E-state index in [4.69, 9.17) is 22.1 Å². The van der Waals surface area contributed by atoms with Crippen LogP contribution in [0.3, 0.4) is 0 Å². The minimum atomic E-state index is -0.532. The van der Waals surface area contributed by atoms with E-state index in [-0.39, 0.29) is 34.4 Å². The summed E-state index contributed by atoms with van der Waals surface area (Å²) in [5.41, 5.74) is 7.02. The third-order valence-electron chi connectivity index (χ3n) is 6.66. The van der Waals surface area contributed by atoms with Crippen LogP contribution >= 0.6 is 0 Å². The molecule has 0 saturated carbocycles. The van der Waals surface area contributed by atoms with Gasteiger partial charge in [-0.2, -0.15) is 5.10 Å². The number of halogens is 1. The molecule has 0 bridgehead atoms. The number of hydrogen-bond donors (Lipinski definition) is 1. The Kier molecular flexibility index (Phi) is 7.22. The van der Waals surface area contributed by atoms with Crippen molar-refractivity contribution in [3.8, 4) is 22.8 Å². The van der Waals surface area contributed by atoms with Gasteiger partial charge in [0.15, 0.2) is 5.65 Å². The highest BCUT2D eigenvalue weighted by atomic mass is 19.1. The van der Waals surface area contributed by atoms with Crippen molar-refractivity contribution in [3.05, 3.63) is 83.9 Å². The lowest BCUT2D eigenvalue weighted by molar-refractivity contribution is -0.127. The molecule has 3 heterocycles. The second-order valence-electron chi connectivity index (χ2n) is 10.8. The van der Waals surface area contributed by atoms with Crippen LogP contribution in [0.5, 0.6) is 11.5 Å². The molecule has 0 spiro atoms. The van der Waals surface area contributed by atoms with Gasteiger partial charge in [-0.15, -0.1) is 0 Å². The first-order valence-corrected chi connectivity index (χ1v) is 13.1. The van der Waals surface area contributed by atoms with E-state index < -0.39 is 5.82 Å². The van der Waals surface area contributed by atoms with E-state index in [1.165, 1.54) is 12.4 Å². The molecular formula is C30H30FN7O2. The summed E-state index contributed by atoms with van der Waals surface area (Å²) < 4.78 is 22.9. The van der Waals surface area contributed by atoms with E-state index in [9.17, 15) is 4.79 Å². The number of para-hydroxylation sites is 1. The number of fused-ring (bicyclic) bond motifs is 1. The normalized spacial score (nSPS) is 15.8. The maximum atomic E-state index is 15.4. The molecule has 5 rings (SSSR count). The zero-order chi connectivity index (χ0) is 28.4. The first-order chi connectivity index (χ1) is 19.1. The SMILES string of the molecule is [C-]#[N+]C(=CC(C)(C)C)C(=O)N1CCC[C@@H]1Cn1nc(-c2ccc(Oc3ccccc3)cc2F)c2c(N)ncnc21. The first-order valence-electron chi connectivity index (χ1n) is 13.1. The van der Waals surface area contributed by atoms with Gasteiger partial charge in [0.05, 0.1) is 24.5 Å². The predicted octanol–water partition coefficient (Wildman–Crippen LogP) is 5.85. The summed E-state index contributed by atoms with van der Waals surface area (Å²) in [5.74, 6) is 0.294. The number of carbonyl (C=O) groups is 1. The van der Waals surface area contributed by atoms with Crippen molar-refractivity contribution < 1.29 is 13.9 Å². The first kappa shape index (κ1) is 26.8. The van der Waals surface area contributed by atoms with Crippen molar-refractivity contribution in [1.29, 1.82) is 0 Å². The fourth-order valence-electron chi connectivity index (χ4n) is 4.91. The molecule has 10 heteroatoms. The van der Waals surface area contributed by atoms with Crippen LogP contribution in [-0.2, 0) is 11.3 Å². The van der Waals surface area contributed by atoms with Gasteiger partial charge < -0.3 is 15.4 Å². The molecule has 2 aromatic carbocycles. The zero-order valence-corrected chi connectivity index (χ0v) is 22.6. The van der Waals surface area contributed by atoms with E-state index in [2.05, 4.69) is 14.8 Å². The molecule has 2 aromatic heterocycles. The predicted molar refractivity (Wildman–Crippen MR) is 151 cm³/mol. The average Bonchev–Trinajstić information content (AvgIpc) is 3.53. The second-order valence-corrected chi connectivity index (χ2v) is 10.8. The van der Waals surface area contributed by atoms with E-state index in [1.807, 2.05) is 39.0 Å². The van der Waals surface area contributed by atoms with E-state index in [0.29, 0.717) is 41.3 Å². The lowest BCUT2D eigenvalue weighted by Crippen LogP contribution is -2.39. The maximum Gasteiger partial charge on any atom is 0.252 e. The number of likely N-dealkylation sites (tertiary alicyclic amines) is 1. The molecule has 1 amide bonds. The molecule has 40 heavy (non-hydrogen) atoms. The van der Waals surface area contributed by atoms with E-state index in [1.54, 1.807) is 39.9 Å². The third kappa shape index (κ3) is 5.50. The molecule has 1 fully saturated rings. The third-order valence-corrected chi connectivity index (χ3v) is 6.66. The molecule has 204 valence electrons. The molecule has 2 N–H and O–H groups in total. The number of carbonyl (C=O) groups excluding carboxylic acids is 1. The minimum absolute atomic E-state index is 0.108. The van der Waals surface area contributed by atoms with Gasteiger partial charge in [-0.3, -0.25) is 4.79 Å². The van der Waals surface area contributed by atoms with Crippen LogP contribution in [0.1, 0.15) is 33.6 Å². The summed E-state index contributed by atoms with van der Waals surface area (Å²) in [4.78, 5) is 27.1. The fourth-order valence-corrected chi connectivity index (χ4v) is 4.91. The van der Waals surface area contributed by atoms with Crippen molar-refractivity contribution in [3.63, 3.8) is 0 Å². The Bertz CT molecular complexity index is 1630. The lowest BCUT2D eigenvalue weighted by atomic mass is 9.95.